The minimum absolute atomic E-state index is 0.0386. The van der Waals surface area contributed by atoms with Gasteiger partial charge in [0.1, 0.15) is 0 Å². The van der Waals surface area contributed by atoms with Gasteiger partial charge < -0.3 is 15.4 Å². The molecule has 1 unspecified atom stereocenters. The average Bonchev–Trinajstić information content (AvgIpc) is 3.35. The largest absolute Gasteiger partial charge is 0.481 e. The van der Waals surface area contributed by atoms with Crippen molar-refractivity contribution in [2.45, 2.75) is 50.7 Å². The monoisotopic (exact) mass is 479 g/mol. The number of hydrogen-bond acceptors (Lipinski definition) is 6. The van der Waals surface area contributed by atoms with Crippen LogP contribution in [0.1, 0.15) is 39.2 Å². The normalized spacial score (nSPS) is 24.1. The molecule has 3 aromatic rings. The number of para-hydroxylation sites is 1. The van der Waals surface area contributed by atoms with Gasteiger partial charge in [0.05, 0.1) is 29.8 Å². The second-order valence-electron chi connectivity index (χ2n) is 10.3. The highest BCUT2D eigenvalue weighted by Crippen LogP contribution is 2.51. The van der Waals surface area contributed by atoms with E-state index in [-0.39, 0.29) is 17.6 Å². The Labute approximate surface area is 210 Å². The number of methoxy groups -OCH3 is 1. The molecule has 3 aliphatic rings. The van der Waals surface area contributed by atoms with Crippen molar-refractivity contribution in [2.24, 2.45) is 10.2 Å². The second kappa shape index (κ2) is 8.01. The van der Waals surface area contributed by atoms with E-state index in [9.17, 15) is 4.79 Å². The molecule has 0 fully saturated rings. The number of hydrogen-bond donors (Lipinski definition) is 2. The van der Waals surface area contributed by atoms with Gasteiger partial charge in [0.2, 0.25) is 5.88 Å². The highest BCUT2D eigenvalue weighted by molar-refractivity contribution is 6.00. The molecule has 0 bridgehead atoms. The number of benzene rings is 2. The smallest absolute Gasteiger partial charge is 0.250 e. The molecule has 182 valence electrons. The van der Waals surface area contributed by atoms with Crippen molar-refractivity contribution >= 4 is 16.8 Å². The fourth-order valence-corrected chi connectivity index (χ4v) is 6.05. The first kappa shape index (κ1) is 22.5. The van der Waals surface area contributed by atoms with Gasteiger partial charge in [-0.2, -0.15) is 10.2 Å². The Balaban J connectivity index is 1.59. The molecule has 36 heavy (non-hydrogen) atoms. The van der Waals surface area contributed by atoms with E-state index in [2.05, 4.69) is 63.1 Å². The summed E-state index contributed by atoms with van der Waals surface area (Å²) in [5.74, 6) is 0.527. The van der Waals surface area contributed by atoms with E-state index in [0.717, 1.165) is 44.4 Å². The maximum absolute atomic E-state index is 13.7. The van der Waals surface area contributed by atoms with Gasteiger partial charge in [-0.3, -0.25) is 4.79 Å². The number of nitrogens with one attached hydrogen (secondary N) is 2. The highest BCUT2D eigenvalue weighted by atomic mass is 16.5. The summed E-state index contributed by atoms with van der Waals surface area (Å²) in [4.78, 5) is 18.3. The van der Waals surface area contributed by atoms with E-state index in [0.29, 0.717) is 18.7 Å². The van der Waals surface area contributed by atoms with Gasteiger partial charge in [0, 0.05) is 34.7 Å². The Hall–Kier alpha value is -4.00. The van der Waals surface area contributed by atoms with Gasteiger partial charge in [-0.05, 0) is 49.1 Å². The molecule has 2 N–H and O–H groups in total. The quantitative estimate of drug-likeness (QED) is 0.525. The molecule has 3 aliphatic heterocycles. The molecule has 0 saturated heterocycles. The van der Waals surface area contributed by atoms with Crippen LogP contribution >= 0.6 is 0 Å². The molecule has 0 spiro atoms. The van der Waals surface area contributed by atoms with Crippen molar-refractivity contribution in [1.82, 2.24) is 15.6 Å². The molecule has 2 aromatic carbocycles. The summed E-state index contributed by atoms with van der Waals surface area (Å²) >= 11 is 0. The van der Waals surface area contributed by atoms with Crippen LogP contribution in [0.5, 0.6) is 5.88 Å². The minimum Gasteiger partial charge on any atom is -0.481 e. The Morgan fingerprint density at radius 3 is 2.75 bits per heavy atom. The highest BCUT2D eigenvalue weighted by Gasteiger charge is 2.53. The summed E-state index contributed by atoms with van der Waals surface area (Å²) < 4.78 is 5.52. The molecule has 7 heteroatoms. The Morgan fingerprint density at radius 2 is 1.94 bits per heavy atom. The standard InChI is InChI=1S/C29H29N5O2/c1-5-29(21-16-30-34-26(21)32-23-15-28(2,3)33-27(35)25(23)29)18-10-8-9-17(13-18)20-14-24(36-4)31-22-12-7-6-11-19(20)22/h6-14,16,26,32H,5,15H2,1-4H3,(H,33,35)/t26?,29-/m1/s1. The zero-order chi connectivity index (χ0) is 25.1. The summed E-state index contributed by atoms with van der Waals surface area (Å²) in [5.41, 5.74) is 5.75. The molecule has 1 amide bonds. The van der Waals surface area contributed by atoms with Gasteiger partial charge in [-0.1, -0.05) is 43.3 Å². The molecule has 0 radical (unpaired) electrons. The summed E-state index contributed by atoms with van der Waals surface area (Å²) in [6, 6.07) is 18.5. The number of nitrogens with zero attached hydrogens (tertiary/aromatic N) is 3. The van der Waals surface area contributed by atoms with Gasteiger partial charge in [0.25, 0.3) is 5.91 Å². The molecule has 0 saturated carbocycles. The third-order valence-electron chi connectivity index (χ3n) is 7.60. The van der Waals surface area contributed by atoms with Crippen LogP contribution in [0.3, 0.4) is 0 Å². The topological polar surface area (TPSA) is 88.0 Å². The third-order valence-corrected chi connectivity index (χ3v) is 7.60. The maximum atomic E-state index is 13.7. The van der Waals surface area contributed by atoms with Crippen LogP contribution in [-0.2, 0) is 10.2 Å². The number of ether oxygens (including phenoxy) is 1. The first-order chi connectivity index (χ1) is 17.4. The van der Waals surface area contributed by atoms with Gasteiger partial charge in [-0.25, -0.2) is 4.98 Å². The van der Waals surface area contributed by atoms with Crippen molar-refractivity contribution < 1.29 is 9.53 Å². The van der Waals surface area contributed by atoms with E-state index in [1.165, 1.54) is 0 Å². The van der Waals surface area contributed by atoms with Crippen LogP contribution in [-0.4, -0.2) is 29.7 Å². The SMILES string of the molecule is CC[C@@]1(c2cccc(-c3cc(OC)nc4ccccc34)c2)C2=CN=NC2NC2=C1C(=O)NC(C)(C)C2. The molecular weight excluding hydrogens is 450 g/mol. The van der Waals surface area contributed by atoms with Crippen molar-refractivity contribution in [3.63, 3.8) is 0 Å². The molecule has 7 nitrogen and oxygen atoms in total. The number of azo groups is 1. The van der Waals surface area contributed by atoms with E-state index in [1.54, 1.807) is 7.11 Å². The first-order valence-electron chi connectivity index (χ1n) is 12.3. The number of carbonyl (C=O) groups excluding carboxylic acids is 1. The van der Waals surface area contributed by atoms with E-state index in [4.69, 9.17) is 4.74 Å². The molecule has 4 heterocycles. The fourth-order valence-electron chi connectivity index (χ4n) is 6.05. The number of pyridine rings is 1. The van der Waals surface area contributed by atoms with Gasteiger partial charge in [-0.15, -0.1) is 0 Å². The van der Waals surface area contributed by atoms with Crippen molar-refractivity contribution in [2.75, 3.05) is 7.11 Å². The molecule has 2 atom stereocenters. The fraction of sp³-hybridized carbons (Fsp3) is 0.310. The summed E-state index contributed by atoms with van der Waals surface area (Å²) in [7, 11) is 1.63. The van der Waals surface area contributed by atoms with Crippen LogP contribution < -0.4 is 15.4 Å². The van der Waals surface area contributed by atoms with Crippen LogP contribution in [0, 0.1) is 0 Å². The minimum atomic E-state index is -0.641. The van der Waals surface area contributed by atoms with Crippen molar-refractivity contribution in [3.8, 4) is 17.0 Å². The maximum Gasteiger partial charge on any atom is 0.250 e. The Morgan fingerprint density at radius 1 is 1.11 bits per heavy atom. The molecule has 1 aromatic heterocycles. The third kappa shape index (κ3) is 3.26. The van der Waals surface area contributed by atoms with Gasteiger partial charge >= 0.3 is 0 Å². The first-order valence-corrected chi connectivity index (χ1v) is 12.3. The van der Waals surface area contributed by atoms with Gasteiger partial charge in [0.15, 0.2) is 6.17 Å². The van der Waals surface area contributed by atoms with Crippen molar-refractivity contribution in [1.29, 1.82) is 0 Å². The van der Waals surface area contributed by atoms with Crippen LogP contribution in [0.15, 0.2) is 87.9 Å². The van der Waals surface area contributed by atoms with E-state index in [1.807, 2.05) is 44.3 Å². The van der Waals surface area contributed by atoms with Crippen LogP contribution in [0.25, 0.3) is 22.0 Å². The van der Waals surface area contributed by atoms with Crippen LogP contribution in [0.2, 0.25) is 0 Å². The molecule has 6 rings (SSSR count). The zero-order valence-electron chi connectivity index (χ0n) is 20.9. The predicted molar refractivity (Wildman–Crippen MR) is 139 cm³/mol. The van der Waals surface area contributed by atoms with E-state index >= 15 is 0 Å². The second-order valence-corrected chi connectivity index (χ2v) is 10.3. The van der Waals surface area contributed by atoms with E-state index < -0.39 is 5.41 Å². The summed E-state index contributed by atoms with van der Waals surface area (Å²) in [6.45, 7) is 6.23. The lowest BCUT2D eigenvalue weighted by Crippen LogP contribution is -2.58. The summed E-state index contributed by atoms with van der Waals surface area (Å²) in [6.07, 6.45) is 2.98. The van der Waals surface area contributed by atoms with Crippen LogP contribution in [0.4, 0.5) is 0 Å². The lowest BCUT2D eigenvalue weighted by Gasteiger charge is -2.48. The number of fused-ring (bicyclic) bond motifs is 2. The Kier molecular flexibility index (Phi) is 5.00. The molecular formula is C29H29N5O2. The zero-order valence-corrected chi connectivity index (χ0v) is 20.9. The Bertz CT molecular complexity index is 1500. The molecule has 0 aliphatic carbocycles. The summed E-state index contributed by atoms with van der Waals surface area (Å²) in [5, 5.41) is 16.5. The number of aromatic nitrogens is 1. The number of carbonyl (C=O) groups is 1. The predicted octanol–water partition coefficient (Wildman–Crippen LogP) is 5.39. The lowest BCUT2D eigenvalue weighted by molar-refractivity contribution is -0.120. The average molecular weight is 480 g/mol. The number of rotatable bonds is 4. The number of amides is 1. The lowest BCUT2D eigenvalue weighted by atomic mass is 9.62. The van der Waals surface area contributed by atoms with Crippen molar-refractivity contribution in [3.05, 3.63) is 83.2 Å².